The molecule has 4 bridgehead atoms. The number of fused-ring (bicyclic) bond motifs is 2. The van der Waals surface area contributed by atoms with Crippen molar-refractivity contribution in [2.24, 2.45) is 17.3 Å². The number of aromatic hydroxyl groups is 1. The van der Waals surface area contributed by atoms with Crippen LogP contribution in [0.3, 0.4) is 0 Å². The minimum absolute atomic E-state index is 0.0886. The standard InChI is InChI=1S/C31H36ClNO4/c1-35-31-11-10-29(15-22(31)18-36-17-21-4-2-3-5-23(21)32)25-14-20-8-9-24(34)27-26(20)30(29,28(31)37-27)12-13-33(25)16-19-6-7-19/h2-5,8-9,19,22,25,28,34H,6-7,10-18H2,1H3/t22-,25-,28-,29-,30+,31-/m1/s1. The van der Waals surface area contributed by atoms with Crippen molar-refractivity contribution in [3.63, 3.8) is 0 Å². The predicted octanol–water partition coefficient (Wildman–Crippen LogP) is 5.49. The summed E-state index contributed by atoms with van der Waals surface area (Å²) in [5.41, 5.74) is 3.33. The van der Waals surface area contributed by atoms with Crippen molar-refractivity contribution in [1.82, 2.24) is 4.90 Å². The maximum atomic E-state index is 11.0. The van der Waals surface area contributed by atoms with Crippen LogP contribution in [0.1, 0.15) is 55.2 Å². The molecule has 0 amide bonds. The number of piperidine rings is 1. The molecule has 0 aromatic heterocycles. The molecule has 0 radical (unpaired) electrons. The zero-order chi connectivity index (χ0) is 25.0. The predicted molar refractivity (Wildman–Crippen MR) is 141 cm³/mol. The van der Waals surface area contributed by atoms with Gasteiger partial charge < -0.3 is 19.3 Å². The number of phenolic OH excluding ortho intramolecular Hbond substituents is 1. The molecule has 196 valence electrons. The SMILES string of the molecule is CO[C@]12CC[C@@]3(C[C@@H]1COCc1ccccc1Cl)[C@H]1Cc4ccc(O)c5c4[C@@]3(CCN1CC1CC1)[C@H]2O5. The minimum atomic E-state index is -0.425. The van der Waals surface area contributed by atoms with E-state index in [-0.39, 0.29) is 28.6 Å². The van der Waals surface area contributed by atoms with Crippen LogP contribution in [0.25, 0.3) is 0 Å². The van der Waals surface area contributed by atoms with Crippen LogP contribution in [0, 0.1) is 17.3 Å². The Labute approximate surface area is 224 Å². The molecule has 2 heterocycles. The second kappa shape index (κ2) is 7.88. The number of rotatable bonds is 7. The summed E-state index contributed by atoms with van der Waals surface area (Å²) in [7, 11) is 1.87. The average molecular weight is 522 g/mol. The van der Waals surface area contributed by atoms with Crippen LogP contribution < -0.4 is 4.74 Å². The van der Waals surface area contributed by atoms with Gasteiger partial charge in [-0.05, 0) is 80.7 Å². The van der Waals surface area contributed by atoms with Crippen LogP contribution in [0.2, 0.25) is 5.02 Å². The molecular formula is C31H36ClNO4. The number of benzene rings is 2. The first-order valence-corrected chi connectivity index (χ1v) is 14.5. The molecule has 6 heteroatoms. The summed E-state index contributed by atoms with van der Waals surface area (Å²) in [6.45, 7) is 3.48. The van der Waals surface area contributed by atoms with Crippen molar-refractivity contribution in [3.8, 4) is 11.5 Å². The summed E-state index contributed by atoms with van der Waals surface area (Å²) in [6.07, 6.45) is 8.04. The van der Waals surface area contributed by atoms with Crippen LogP contribution >= 0.6 is 11.6 Å². The second-order valence-electron chi connectivity index (χ2n) is 12.6. The third-order valence-electron chi connectivity index (χ3n) is 11.3. The van der Waals surface area contributed by atoms with Crippen LogP contribution in [-0.4, -0.2) is 54.6 Å². The normalized spacial score (nSPS) is 38.9. The number of hydrogen-bond acceptors (Lipinski definition) is 5. The van der Waals surface area contributed by atoms with Crippen molar-refractivity contribution < 1.29 is 19.3 Å². The van der Waals surface area contributed by atoms with E-state index >= 15 is 0 Å². The molecule has 2 spiro atoms. The first-order valence-electron chi connectivity index (χ1n) is 14.1. The molecule has 2 aromatic carbocycles. The Morgan fingerprint density at radius 2 is 2.00 bits per heavy atom. The average Bonchev–Trinajstić information content (AvgIpc) is 3.65. The van der Waals surface area contributed by atoms with Crippen molar-refractivity contribution >= 4 is 11.6 Å². The van der Waals surface area contributed by atoms with Gasteiger partial charge in [-0.2, -0.15) is 0 Å². The lowest BCUT2D eigenvalue weighted by molar-refractivity contribution is -0.283. The molecule has 1 saturated heterocycles. The highest BCUT2D eigenvalue weighted by Crippen LogP contribution is 2.76. The lowest BCUT2D eigenvalue weighted by Crippen LogP contribution is -2.81. The van der Waals surface area contributed by atoms with Gasteiger partial charge in [0.05, 0.1) is 13.2 Å². The lowest BCUT2D eigenvalue weighted by atomic mass is 9.35. The quantitative estimate of drug-likeness (QED) is 0.522. The molecule has 1 N–H and O–H groups in total. The Kier molecular flexibility index (Phi) is 4.92. The Balaban J connectivity index is 1.21. The number of phenols is 1. The van der Waals surface area contributed by atoms with Gasteiger partial charge in [-0.15, -0.1) is 0 Å². The summed E-state index contributed by atoms with van der Waals surface area (Å²) in [5.74, 6) is 2.13. The van der Waals surface area contributed by atoms with E-state index in [0.717, 1.165) is 60.9 Å². The number of halogens is 1. The first kappa shape index (κ1) is 23.1. The zero-order valence-electron chi connectivity index (χ0n) is 21.5. The molecular weight excluding hydrogens is 486 g/mol. The van der Waals surface area contributed by atoms with Crippen LogP contribution in [0.5, 0.6) is 11.5 Å². The highest BCUT2D eigenvalue weighted by Gasteiger charge is 2.80. The van der Waals surface area contributed by atoms with E-state index in [0.29, 0.717) is 19.3 Å². The van der Waals surface area contributed by atoms with Crippen molar-refractivity contribution in [1.29, 1.82) is 0 Å². The van der Waals surface area contributed by atoms with Gasteiger partial charge in [-0.3, -0.25) is 4.90 Å². The van der Waals surface area contributed by atoms with Gasteiger partial charge in [0.25, 0.3) is 0 Å². The maximum absolute atomic E-state index is 11.0. The van der Waals surface area contributed by atoms with E-state index in [2.05, 4.69) is 11.0 Å². The van der Waals surface area contributed by atoms with E-state index in [4.69, 9.17) is 25.8 Å². The van der Waals surface area contributed by atoms with Crippen LogP contribution in [0.15, 0.2) is 36.4 Å². The summed E-state index contributed by atoms with van der Waals surface area (Å²) in [4.78, 5) is 2.85. The van der Waals surface area contributed by atoms with Crippen molar-refractivity contribution in [2.75, 3.05) is 26.8 Å². The Morgan fingerprint density at radius 3 is 2.81 bits per heavy atom. The number of hydrogen-bond donors (Lipinski definition) is 1. The third kappa shape index (κ3) is 2.87. The summed E-state index contributed by atoms with van der Waals surface area (Å²) >= 11 is 6.43. The third-order valence-corrected chi connectivity index (χ3v) is 11.7. The van der Waals surface area contributed by atoms with E-state index in [1.807, 2.05) is 37.4 Å². The maximum Gasteiger partial charge on any atom is 0.165 e. The fraction of sp³-hybridized carbons (Fsp3) is 0.613. The molecule has 6 atom stereocenters. The van der Waals surface area contributed by atoms with E-state index in [9.17, 15) is 5.11 Å². The number of ether oxygens (including phenoxy) is 3. The molecule has 5 fully saturated rings. The highest BCUT2D eigenvalue weighted by atomic mass is 35.5. The smallest absolute Gasteiger partial charge is 0.165 e. The summed E-state index contributed by atoms with van der Waals surface area (Å²) in [5, 5.41) is 11.7. The Morgan fingerprint density at radius 1 is 1.14 bits per heavy atom. The molecule has 5 nitrogen and oxygen atoms in total. The van der Waals surface area contributed by atoms with Crippen LogP contribution in [0.4, 0.5) is 0 Å². The lowest BCUT2D eigenvalue weighted by Gasteiger charge is -2.74. The molecule has 4 saturated carbocycles. The van der Waals surface area contributed by atoms with Crippen LogP contribution in [-0.2, 0) is 27.9 Å². The molecule has 9 rings (SSSR count). The van der Waals surface area contributed by atoms with E-state index in [1.54, 1.807) is 0 Å². The number of nitrogens with zero attached hydrogens (tertiary/aromatic N) is 1. The molecule has 7 aliphatic rings. The van der Waals surface area contributed by atoms with Gasteiger partial charge in [0.1, 0.15) is 11.7 Å². The molecule has 37 heavy (non-hydrogen) atoms. The fourth-order valence-corrected chi connectivity index (χ4v) is 9.86. The zero-order valence-corrected chi connectivity index (χ0v) is 22.3. The molecule has 2 aromatic rings. The van der Waals surface area contributed by atoms with Crippen molar-refractivity contribution in [3.05, 3.63) is 58.1 Å². The fourth-order valence-electron chi connectivity index (χ4n) is 9.67. The Hall–Kier alpha value is -1.79. The van der Waals surface area contributed by atoms with Gasteiger partial charge in [0, 0.05) is 47.0 Å². The number of likely N-dealkylation sites (tertiary alicyclic amines) is 1. The highest BCUT2D eigenvalue weighted by molar-refractivity contribution is 6.31. The summed E-state index contributed by atoms with van der Waals surface area (Å²) in [6, 6.07) is 12.5. The molecule has 0 unspecified atom stereocenters. The second-order valence-corrected chi connectivity index (χ2v) is 13.1. The van der Waals surface area contributed by atoms with Gasteiger partial charge in [-0.25, -0.2) is 0 Å². The van der Waals surface area contributed by atoms with E-state index in [1.165, 1.54) is 30.5 Å². The summed E-state index contributed by atoms with van der Waals surface area (Å²) < 4.78 is 19.9. The number of methoxy groups -OCH3 is 1. The molecule has 5 aliphatic carbocycles. The van der Waals surface area contributed by atoms with Gasteiger partial charge >= 0.3 is 0 Å². The van der Waals surface area contributed by atoms with Gasteiger partial charge in [-0.1, -0.05) is 35.9 Å². The van der Waals surface area contributed by atoms with Crippen molar-refractivity contribution in [2.45, 2.75) is 74.7 Å². The monoisotopic (exact) mass is 521 g/mol. The first-order chi connectivity index (χ1) is 18.0. The van der Waals surface area contributed by atoms with Gasteiger partial charge in [0.15, 0.2) is 11.5 Å². The largest absolute Gasteiger partial charge is 0.504 e. The minimum Gasteiger partial charge on any atom is -0.504 e. The van der Waals surface area contributed by atoms with E-state index < -0.39 is 5.60 Å². The topological polar surface area (TPSA) is 51.2 Å². The Bertz CT molecular complexity index is 1260. The molecule has 2 aliphatic heterocycles. The van der Waals surface area contributed by atoms with Gasteiger partial charge in [0.2, 0.25) is 0 Å².